The average molecular weight is 725 g/mol. The van der Waals surface area contributed by atoms with Crippen molar-refractivity contribution in [3.8, 4) is 46.0 Å². The van der Waals surface area contributed by atoms with Crippen molar-refractivity contribution >= 4 is 0 Å². The van der Waals surface area contributed by atoms with Crippen LogP contribution in [0.4, 0.5) is 0 Å². The van der Waals surface area contributed by atoms with Gasteiger partial charge < -0.3 is 38.4 Å². The van der Waals surface area contributed by atoms with Crippen LogP contribution in [-0.4, -0.2) is 82.7 Å². The highest BCUT2D eigenvalue weighted by Gasteiger charge is 2.34. The SMILES string of the molecule is CCCN(C)CC(O)COc1c(OC)cc2c3c1Oc1cc(c(CC)cc1OC)C(C)Cc1ccc(cc1)Oc1cc(ccc1OC)CC3N(C)CC2. The molecule has 3 aliphatic rings. The molecular weight excluding hydrogens is 668 g/mol. The van der Waals surface area contributed by atoms with Gasteiger partial charge in [0.05, 0.1) is 21.3 Å². The lowest BCUT2D eigenvalue weighted by atomic mass is 9.87. The Morgan fingerprint density at radius 2 is 1.58 bits per heavy atom. The molecule has 9 nitrogen and oxygen atoms in total. The standard InChI is InChI=1S/C44H56N2O7/c1-9-18-45(4)26-33(47)27-51-43-41(50-8)24-32-17-19-46(5)36-21-30-13-16-37(48-6)39(22-30)52-34-14-11-29(12-15-34)20-28(3)35-25-40(53-44(43)42(32)36)38(49-7)23-31(35)10-2/h11-16,22-25,28,33,36,47H,9-10,17-21,26-27H2,1-8H3. The molecule has 0 saturated heterocycles. The minimum absolute atomic E-state index is 0.0753. The maximum Gasteiger partial charge on any atom is 0.204 e. The van der Waals surface area contributed by atoms with Crippen molar-refractivity contribution in [2.45, 2.75) is 70.9 Å². The van der Waals surface area contributed by atoms with E-state index in [2.05, 4.69) is 80.1 Å². The third kappa shape index (κ3) is 8.53. The Morgan fingerprint density at radius 1 is 0.868 bits per heavy atom. The molecule has 3 heterocycles. The topological polar surface area (TPSA) is 82.1 Å². The van der Waals surface area contributed by atoms with Crippen molar-refractivity contribution in [1.29, 1.82) is 0 Å². The summed E-state index contributed by atoms with van der Waals surface area (Å²) in [5.41, 5.74) is 6.86. The van der Waals surface area contributed by atoms with Crippen LogP contribution >= 0.6 is 0 Å². The summed E-state index contributed by atoms with van der Waals surface area (Å²) in [5.74, 6) is 5.14. The number of aliphatic hydroxyl groups excluding tert-OH is 1. The number of aliphatic hydroxyl groups is 1. The Bertz CT molecular complexity index is 1860. The first-order chi connectivity index (χ1) is 25.7. The van der Waals surface area contributed by atoms with Crippen LogP contribution in [0, 0.1) is 0 Å². The van der Waals surface area contributed by atoms with E-state index >= 15 is 0 Å². The summed E-state index contributed by atoms with van der Waals surface area (Å²) < 4.78 is 38.0. The van der Waals surface area contributed by atoms with Crippen LogP contribution in [0.2, 0.25) is 0 Å². The number of hydrogen-bond donors (Lipinski definition) is 1. The number of hydrogen-bond acceptors (Lipinski definition) is 9. The summed E-state index contributed by atoms with van der Waals surface area (Å²) in [4.78, 5) is 4.48. The van der Waals surface area contributed by atoms with Gasteiger partial charge in [0.1, 0.15) is 18.5 Å². The first-order valence-corrected chi connectivity index (χ1v) is 18.9. The Kier molecular flexibility index (Phi) is 12.4. The van der Waals surface area contributed by atoms with Crippen molar-refractivity contribution in [3.05, 3.63) is 94.0 Å². The van der Waals surface area contributed by atoms with Crippen LogP contribution in [-0.2, 0) is 25.7 Å². The van der Waals surface area contributed by atoms with Crippen LogP contribution in [0.3, 0.4) is 0 Å². The van der Waals surface area contributed by atoms with Gasteiger partial charge in [-0.3, -0.25) is 4.90 Å². The van der Waals surface area contributed by atoms with Gasteiger partial charge in [-0.15, -0.1) is 0 Å². The summed E-state index contributed by atoms with van der Waals surface area (Å²) in [6, 6.07) is 20.7. The molecule has 0 aromatic heterocycles. The molecule has 4 aromatic carbocycles. The second kappa shape index (κ2) is 17.1. The first kappa shape index (κ1) is 38.3. The van der Waals surface area contributed by atoms with Gasteiger partial charge in [0.25, 0.3) is 0 Å². The number of aryl methyl sites for hydroxylation is 1. The van der Waals surface area contributed by atoms with E-state index in [1.165, 1.54) is 16.7 Å². The largest absolute Gasteiger partial charge is 0.493 e. The summed E-state index contributed by atoms with van der Waals surface area (Å²) >= 11 is 0. The fourth-order valence-corrected chi connectivity index (χ4v) is 7.81. The molecule has 0 amide bonds. The zero-order valence-electron chi connectivity index (χ0n) is 32.7. The quantitative estimate of drug-likeness (QED) is 0.164. The molecule has 4 aromatic rings. The van der Waals surface area contributed by atoms with Gasteiger partial charge in [0, 0.05) is 24.7 Å². The van der Waals surface area contributed by atoms with Gasteiger partial charge >= 0.3 is 0 Å². The van der Waals surface area contributed by atoms with Gasteiger partial charge in [-0.25, -0.2) is 0 Å². The Morgan fingerprint density at radius 3 is 2.28 bits per heavy atom. The monoisotopic (exact) mass is 724 g/mol. The number of likely N-dealkylation sites (N-methyl/N-ethyl adjacent to an activating group) is 2. The molecule has 0 fully saturated rings. The Balaban J connectivity index is 1.55. The highest BCUT2D eigenvalue weighted by atomic mass is 16.6. The molecule has 0 spiro atoms. The van der Waals surface area contributed by atoms with E-state index in [1.54, 1.807) is 21.3 Å². The molecule has 3 unspecified atom stereocenters. The fourth-order valence-electron chi connectivity index (χ4n) is 7.81. The number of methoxy groups -OCH3 is 3. The van der Waals surface area contributed by atoms with Gasteiger partial charge in [-0.2, -0.15) is 0 Å². The van der Waals surface area contributed by atoms with Crippen LogP contribution < -0.4 is 28.4 Å². The highest BCUT2D eigenvalue weighted by Crippen LogP contribution is 2.52. The van der Waals surface area contributed by atoms with Crippen molar-refractivity contribution in [2.75, 3.05) is 61.7 Å². The third-order valence-electron chi connectivity index (χ3n) is 10.6. The lowest BCUT2D eigenvalue weighted by Crippen LogP contribution is -2.35. The maximum atomic E-state index is 11.1. The minimum Gasteiger partial charge on any atom is -0.493 e. The zero-order chi connectivity index (χ0) is 37.6. The van der Waals surface area contributed by atoms with Crippen molar-refractivity contribution in [2.24, 2.45) is 0 Å². The van der Waals surface area contributed by atoms with Crippen LogP contribution in [0.1, 0.15) is 72.5 Å². The normalized spacial score (nSPS) is 17.5. The number of fused-ring (bicyclic) bond motifs is 3. The van der Waals surface area contributed by atoms with E-state index in [1.807, 2.05) is 25.2 Å². The van der Waals surface area contributed by atoms with E-state index in [4.69, 9.17) is 28.4 Å². The second-order valence-corrected chi connectivity index (χ2v) is 14.5. The molecule has 3 aliphatic heterocycles. The molecule has 0 radical (unpaired) electrons. The molecular formula is C44H56N2O7. The minimum atomic E-state index is -0.713. The van der Waals surface area contributed by atoms with Gasteiger partial charge in [0.2, 0.25) is 5.75 Å². The molecule has 3 atom stereocenters. The van der Waals surface area contributed by atoms with Gasteiger partial charge in [0.15, 0.2) is 34.5 Å². The molecule has 0 aliphatic carbocycles. The molecule has 6 bridgehead atoms. The Hall–Kier alpha value is -4.44. The van der Waals surface area contributed by atoms with Crippen molar-refractivity contribution in [1.82, 2.24) is 9.80 Å². The lowest BCUT2D eigenvalue weighted by molar-refractivity contribution is 0.0740. The zero-order valence-corrected chi connectivity index (χ0v) is 32.7. The highest BCUT2D eigenvalue weighted by molar-refractivity contribution is 5.64. The van der Waals surface area contributed by atoms with Crippen LogP contribution in [0.25, 0.3) is 0 Å². The molecule has 0 saturated carbocycles. The smallest absolute Gasteiger partial charge is 0.204 e. The number of benzene rings is 4. The van der Waals surface area contributed by atoms with E-state index < -0.39 is 6.10 Å². The average Bonchev–Trinajstić information content (AvgIpc) is 3.15. The number of ether oxygens (including phenoxy) is 6. The second-order valence-electron chi connectivity index (χ2n) is 14.5. The van der Waals surface area contributed by atoms with Gasteiger partial charge in [-0.1, -0.05) is 39.0 Å². The van der Waals surface area contributed by atoms with Crippen molar-refractivity contribution in [3.63, 3.8) is 0 Å². The summed E-state index contributed by atoms with van der Waals surface area (Å²) in [5, 5.41) is 11.1. The lowest BCUT2D eigenvalue weighted by Gasteiger charge is -2.37. The molecule has 1 N–H and O–H groups in total. The Labute approximate surface area is 315 Å². The third-order valence-corrected chi connectivity index (χ3v) is 10.6. The fraction of sp³-hybridized carbons (Fsp3) is 0.455. The number of rotatable bonds is 11. The van der Waals surface area contributed by atoms with E-state index in [9.17, 15) is 5.11 Å². The predicted molar refractivity (Wildman–Crippen MR) is 209 cm³/mol. The molecule has 284 valence electrons. The summed E-state index contributed by atoms with van der Waals surface area (Å²) in [6.45, 7) is 8.87. The van der Waals surface area contributed by atoms with Crippen LogP contribution in [0.5, 0.6) is 46.0 Å². The van der Waals surface area contributed by atoms with E-state index in [-0.39, 0.29) is 18.6 Å². The first-order valence-electron chi connectivity index (χ1n) is 18.9. The molecule has 7 rings (SSSR count). The van der Waals surface area contributed by atoms with Crippen molar-refractivity contribution < 1.29 is 33.5 Å². The number of nitrogens with zero attached hydrogens (tertiary/aromatic N) is 2. The van der Waals surface area contributed by atoms with E-state index in [0.29, 0.717) is 53.2 Å². The maximum absolute atomic E-state index is 11.1. The molecule has 53 heavy (non-hydrogen) atoms. The van der Waals surface area contributed by atoms with Gasteiger partial charge in [-0.05, 0) is 129 Å². The predicted octanol–water partition coefficient (Wildman–Crippen LogP) is 8.37. The summed E-state index contributed by atoms with van der Waals surface area (Å²) in [6.07, 6.45) is 3.45. The van der Waals surface area contributed by atoms with Crippen LogP contribution in [0.15, 0.2) is 60.7 Å². The summed E-state index contributed by atoms with van der Waals surface area (Å²) in [7, 11) is 9.18. The van der Waals surface area contributed by atoms with E-state index in [0.717, 1.165) is 61.2 Å². The molecule has 9 heteroatoms.